The van der Waals surface area contributed by atoms with Crippen molar-refractivity contribution in [3.63, 3.8) is 0 Å². The molecule has 7 nitrogen and oxygen atoms in total. The maximum atomic E-state index is 13.0. The van der Waals surface area contributed by atoms with Crippen LogP contribution in [0.3, 0.4) is 0 Å². The molecule has 0 radical (unpaired) electrons. The molecule has 2 N–H and O–H groups in total. The van der Waals surface area contributed by atoms with Gasteiger partial charge in [-0.3, -0.25) is 14.3 Å². The lowest BCUT2D eigenvalue weighted by Gasteiger charge is -2.14. The smallest absolute Gasteiger partial charge is 0.262 e. The lowest BCUT2D eigenvalue weighted by atomic mass is 10.0. The number of rotatable bonds is 9. The molecule has 0 saturated carbocycles. The number of hydrogen-bond donors (Lipinski definition) is 2. The molecular weight excluding hydrogens is 440 g/mol. The molecule has 0 atom stereocenters. The topological polar surface area (TPSA) is 102 Å². The van der Waals surface area contributed by atoms with Crippen molar-refractivity contribution < 1.29 is 22.7 Å². The van der Waals surface area contributed by atoms with E-state index >= 15 is 0 Å². The predicted octanol–water partition coefficient (Wildman–Crippen LogP) is 4.71. The molecule has 3 rings (SSSR count). The van der Waals surface area contributed by atoms with Crippen molar-refractivity contribution in [2.24, 2.45) is 0 Å². The first kappa shape index (κ1) is 24.0. The van der Waals surface area contributed by atoms with Gasteiger partial charge in [0, 0.05) is 24.1 Å². The van der Waals surface area contributed by atoms with E-state index in [1.165, 1.54) is 13.2 Å². The normalized spacial score (nSPS) is 11.0. The number of methoxy groups -OCH3 is 1. The molecule has 0 aliphatic carbocycles. The number of carbonyl (C=O) groups is 2. The summed E-state index contributed by atoms with van der Waals surface area (Å²) in [7, 11) is -2.48. The van der Waals surface area contributed by atoms with Crippen LogP contribution in [0.1, 0.15) is 34.3 Å². The van der Waals surface area contributed by atoms with Crippen LogP contribution in [0, 0.1) is 13.8 Å². The second-order valence-electron chi connectivity index (χ2n) is 7.62. The van der Waals surface area contributed by atoms with Gasteiger partial charge in [0.1, 0.15) is 5.75 Å². The number of benzene rings is 3. The van der Waals surface area contributed by atoms with Crippen LogP contribution in [0.15, 0.2) is 71.6 Å². The monoisotopic (exact) mass is 466 g/mol. The molecule has 1 amide bonds. The van der Waals surface area contributed by atoms with Crippen LogP contribution < -0.4 is 14.8 Å². The van der Waals surface area contributed by atoms with Crippen molar-refractivity contribution >= 4 is 33.1 Å². The van der Waals surface area contributed by atoms with Crippen molar-refractivity contribution in [3.05, 3.63) is 83.4 Å². The molecule has 0 bridgehead atoms. The van der Waals surface area contributed by atoms with E-state index in [2.05, 4.69) is 10.0 Å². The first-order chi connectivity index (χ1) is 15.7. The van der Waals surface area contributed by atoms with E-state index in [-0.39, 0.29) is 29.4 Å². The van der Waals surface area contributed by atoms with Crippen molar-refractivity contribution in [1.82, 2.24) is 0 Å². The first-order valence-electron chi connectivity index (χ1n) is 10.4. The molecule has 33 heavy (non-hydrogen) atoms. The van der Waals surface area contributed by atoms with Crippen molar-refractivity contribution in [2.45, 2.75) is 31.6 Å². The summed E-state index contributed by atoms with van der Waals surface area (Å²) in [4.78, 5) is 24.7. The average Bonchev–Trinajstić information content (AvgIpc) is 2.79. The Morgan fingerprint density at radius 3 is 2.30 bits per heavy atom. The zero-order chi connectivity index (χ0) is 24.0. The Kier molecular flexibility index (Phi) is 7.50. The number of ketones is 1. The highest BCUT2D eigenvalue weighted by molar-refractivity contribution is 7.92. The van der Waals surface area contributed by atoms with E-state index in [0.29, 0.717) is 28.3 Å². The molecular formula is C25H26N2O5S. The zero-order valence-electron chi connectivity index (χ0n) is 18.7. The zero-order valence-corrected chi connectivity index (χ0v) is 19.5. The Labute approximate surface area is 193 Å². The minimum atomic E-state index is -3.94. The number of aryl methyl sites for hydroxylation is 2. The predicted molar refractivity (Wildman–Crippen MR) is 128 cm³/mol. The van der Waals surface area contributed by atoms with Gasteiger partial charge in [-0.1, -0.05) is 48.0 Å². The van der Waals surface area contributed by atoms with Gasteiger partial charge >= 0.3 is 0 Å². The van der Waals surface area contributed by atoms with E-state index in [1.54, 1.807) is 55.5 Å². The molecule has 0 spiro atoms. The third-order valence-electron chi connectivity index (χ3n) is 5.07. The Balaban J connectivity index is 1.69. The average molecular weight is 467 g/mol. The Hall–Kier alpha value is -3.65. The SMILES string of the molecule is COc1ccccc1NS(=O)(=O)c1cc(NC(=O)CCC(=O)c2ccc(C)cc2)ccc1C. The highest BCUT2D eigenvalue weighted by atomic mass is 32.2. The van der Waals surface area contributed by atoms with E-state index in [1.807, 2.05) is 19.1 Å². The number of carbonyl (C=O) groups excluding carboxylic acids is 2. The summed E-state index contributed by atoms with van der Waals surface area (Å²) < 4.78 is 33.7. The van der Waals surface area contributed by atoms with Gasteiger partial charge in [-0.05, 0) is 43.7 Å². The largest absolute Gasteiger partial charge is 0.495 e. The highest BCUT2D eigenvalue weighted by Gasteiger charge is 2.20. The van der Waals surface area contributed by atoms with Gasteiger partial charge in [-0.2, -0.15) is 0 Å². The van der Waals surface area contributed by atoms with E-state index in [4.69, 9.17) is 4.74 Å². The molecule has 172 valence electrons. The Bertz CT molecular complexity index is 1270. The molecule has 0 aliphatic rings. The molecule has 8 heteroatoms. The van der Waals surface area contributed by atoms with Crippen LogP contribution in [0.5, 0.6) is 5.75 Å². The maximum absolute atomic E-state index is 13.0. The number of amides is 1. The molecule has 3 aromatic carbocycles. The number of anilines is 2. The highest BCUT2D eigenvalue weighted by Crippen LogP contribution is 2.28. The van der Waals surface area contributed by atoms with Gasteiger partial charge in [-0.15, -0.1) is 0 Å². The standard InChI is InChI=1S/C25H26N2O5S/c1-17-8-11-19(12-9-17)22(28)14-15-25(29)26-20-13-10-18(2)24(16-20)33(30,31)27-21-6-4-5-7-23(21)32-3/h4-13,16,27H,14-15H2,1-3H3,(H,26,29). The van der Waals surface area contributed by atoms with Gasteiger partial charge in [0.05, 0.1) is 17.7 Å². The van der Waals surface area contributed by atoms with Crippen LogP contribution in [0.4, 0.5) is 11.4 Å². The molecule has 0 fully saturated rings. The molecule has 3 aromatic rings. The summed E-state index contributed by atoms with van der Waals surface area (Å²) in [6.07, 6.45) is 0.0450. The summed E-state index contributed by atoms with van der Waals surface area (Å²) >= 11 is 0. The van der Waals surface area contributed by atoms with Gasteiger partial charge in [0.15, 0.2) is 5.78 Å². The number of nitrogens with one attached hydrogen (secondary N) is 2. The van der Waals surface area contributed by atoms with Crippen LogP contribution >= 0.6 is 0 Å². The van der Waals surface area contributed by atoms with Gasteiger partial charge in [-0.25, -0.2) is 8.42 Å². The third kappa shape index (κ3) is 6.20. The summed E-state index contributed by atoms with van der Waals surface area (Å²) in [6.45, 7) is 3.60. The lowest BCUT2D eigenvalue weighted by molar-refractivity contribution is -0.116. The van der Waals surface area contributed by atoms with Crippen LogP contribution in [-0.4, -0.2) is 27.2 Å². The first-order valence-corrected chi connectivity index (χ1v) is 11.8. The minimum absolute atomic E-state index is 0.0118. The minimum Gasteiger partial charge on any atom is -0.495 e. The Morgan fingerprint density at radius 2 is 1.61 bits per heavy atom. The van der Waals surface area contributed by atoms with Gasteiger partial charge in [0.25, 0.3) is 10.0 Å². The van der Waals surface area contributed by atoms with E-state index in [0.717, 1.165) is 5.56 Å². The van der Waals surface area contributed by atoms with Gasteiger partial charge < -0.3 is 10.1 Å². The second kappa shape index (κ2) is 10.3. The molecule has 0 unspecified atom stereocenters. The lowest BCUT2D eigenvalue weighted by Crippen LogP contribution is -2.17. The molecule has 0 aromatic heterocycles. The van der Waals surface area contributed by atoms with Crippen LogP contribution in [0.2, 0.25) is 0 Å². The summed E-state index contributed by atoms with van der Waals surface area (Å²) in [5.74, 6) is -0.111. The fraction of sp³-hybridized carbons (Fsp3) is 0.200. The molecule has 0 saturated heterocycles. The number of ether oxygens (including phenoxy) is 1. The van der Waals surface area contributed by atoms with E-state index in [9.17, 15) is 18.0 Å². The van der Waals surface area contributed by atoms with Crippen LogP contribution in [0.25, 0.3) is 0 Å². The quantitative estimate of drug-likeness (QED) is 0.445. The fourth-order valence-electron chi connectivity index (χ4n) is 3.23. The number of hydrogen-bond acceptors (Lipinski definition) is 5. The number of para-hydroxylation sites is 2. The third-order valence-corrected chi connectivity index (χ3v) is 6.57. The fourth-order valence-corrected chi connectivity index (χ4v) is 4.57. The Morgan fingerprint density at radius 1 is 0.909 bits per heavy atom. The van der Waals surface area contributed by atoms with Crippen molar-refractivity contribution in [3.8, 4) is 5.75 Å². The summed E-state index contributed by atoms with van der Waals surface area (Å²) in [5, 5.41) is 2.68. The van der Waals surface area contributed by atoms with E-state index < -0.39 is 10.0 Å². The van der Waals surface area contributed by atoms with Crippen molar-refractivity contribution in [1.29, 1.82) is 0 Å². The molecule has 0 aliphatic heterocycles. The summed E-state index contributed by atoms with van der Waals surface area (Å²) in [5.41, 5.74) is 2.76. The van der Waals surface area contributed by atoms with Gasteiger partial charge in [0.2, 0.25) is 5.91 Å². The van der Waals surface area contributed by atoms with Crippen LogP contribution in [-0.2, 0) is 14.8 Å². The second-order valence-corrected chi connectivity index (χ2v) is 9.27. The van der Waals surface area contributed by atoms with Crippen molar-refractivity contribution in [2.75, 3.05) is 17.1 Å². The number of Topliss-reactive ketones (excluding diaryl/α,β-unsaturated/α-hetero) is 1. The molecule has 0 heterocycles. The summed E-state index contributed by atoms with van der Waals surface area (Å²) in [6, 6.07) is 18.5. The maximum Gasteiger partial charge on any atom is 0.262 e. The number of sulfonamides is 1.